The summed E-state index contributed by atoms with van der Waals surface area (Å²) in [5, 5.41) is 28.0. The highest BCUT2D eigenvalue weighted by Gasteiger charge is 2.55. The van der Waals surface area contributed by atoms with Crippen LogP contribution in [0.2, 0.25) is 0 Å². The number of aliphatic hydroxyl groups is 3. The molecule has 7 N–H and O–H groups in total. The van der Waals surface area contributed by atoms with Crippen LogP contribution >= 0.6 is 0 Å². The van der Waals surface area contributed by atoms with E-state index in [0.717, 1.165) is 21.3 Å². The number of ketones is 2. The number of methoxy groups -OCH3 is 8. The minimum Gasteiger partial charge on any atom is -0.497 e. The first-order valence-electron chi connectivity index (χ1n) is 29.9. The van der Waals surface area contributed by atoms with Gasteiger partial charge in [0, 0.05) is 79.2 Å². The minimum absolute atomic E-state index is 0.0293. The van der Waals surface area contributed by atoms with Crippen LogP contribution in [0.1, 0.15) is 78.0 Å². The molecule has 27 heteroatoms. The largest absolute Gasteiger partial charge is 0.497 e. The van der Waals surface area contributed by atoms with E-state index in [1.54, 1.807) is 72.8 Å². The second-order valence-corrected chi connectivity index (χ2v) is 22.0. The van der Waals surface area contributed by atoms with Gasteiger partial charge in [0.15, 0.2) is 46.0 Å². The van der Waals surface area contributed by atoms with Gasteiger partial charge in [-0.1, -0.05) is 0 Å². The Kier molecular flexibility index (Phi) is 20.7. The molecule has 8 aromatic rings. The van der Waals surface area contributed by atoms with Crippen molar-refractivity contribution in [2.24, 2.45) is 23.7 Å². The van der Waals surface area contributed by atoms with E-state index in [4.69, 9.17) is 81.6 Å². The number of aromatic amines is 2. The molecule has 2 amide bonds. The highest BCUT2D eigenvalue weighted by Crippen LogP contribution is 2.58. The standard InChI is InChI=1S/2C33H30N2O10.3CH4O/c2*1-39-16-5-6-22-17(9-16)20(12-34-22)30(36)32(37)35-29-19-11-24-23(44-14-45-24)10-18(19)27(28-21(29)13-43-33(28)38)15-7-25(40-2)31(42-4)26(8-15)41-3;3*1-2/h2*5-12,21,27-29,34H,13-14H2,1-4H3,(H,35,37);3*2H,1H3/t2*21-,27+,28-,29+;;;/m11.../s1. The Labute approximate surface area is 549 Å². The third-order valence-electron chi connectivity index (χ3n) is 17.7. The molecule has 27 nitrogen and oxygen atoms in total. The molecule has 0 unspecified atom stereocenters. The number of cyclic esters (lactones) is 2. The molecule has 6 aliphatic rings. The SMILES string of the molecule is CO.CO.CO.COc1ccc2[nH]cc(C(=O)C(=O)N[C@H]3c4cc5c(cc4[C@H](c4cc(OC)c(OC)c(OC)c4)[C@@H]4C(=O)OC[C@H]43)OCO5)c2c1.COc1ccc2[nH]cc(C(=O)C(=O)N[C@H]3c4cc5c(cc4[C@H](c4cc(OC)c(OC)c(OC)c4)[C@@H]4C(=O)OC[C@H]43)OCO5)c2c1. The molecule has 0 saturated carbocycles. The van der Waals surface area contributed by atoms with Gasteiger partial charge >= 0.3 is 11.9 Å². The molecule has 14 rings (SSSR count). The Morgan fingerprint density at radius 1 is 0.427 bits per heavy atom. The predicted molar refractivity (Wildman–Crippen MR) is 341 cm³/mol. The molecule has 2 aliphatic carbocycles. The van der Waals surface area contributed by atoms with Gasteiger partial charge in [-0.05, 0) is 118 Å². The lowest BCUT2D eigenvalue weighted by atomic mass is 9.65. The zero-order chi connectivity index (χ0) is 68.8. The van der Waals surface area contributed by atoms with Crippen LogP contribution in [-0.2, 0) is 28.7 Å². The summed E-state index contributed by atoms with van der Waals surface area (Å²) in [6, 6.07) is 23.4. The zero-order valence-corrected chi connectivity index (χ0v) is 54.2. The Hall–Kier alpha value is -10.9. The molecule has 96 heavy (non-hydrogen) atoms. The fourth-order valence-corrected chi connectivity index (χ4v) is 13.5. The number of hydrogen-bond donors (Lipinski definition) is 7. The zero-order valence-electron chi connectivity index (χ0n) is 54.2. The highest BCUT2D eigenvalue weighted by molar-refractivity contribution is 6.45. The molecule has 6 aromatic carbocycles. The maximum Gasteiger partial charge on any atom is 0.310 e. The van der Waals surface area contributed by atoms with Crippen molar-refractivity contribution in [2.45, 2.75) is 23.9 Å². The number of esters is 2. The topological polar surface area (TPSA) is 348 Å². The molecule has 0 spiro atoms. The summed E-state index contributed by atoms with van der Waals surface area (Å²) in [7, 11) is 15.2. The van der Waals surface area contributed by atoms with E-state index in [-0.39, 0.29) is 37.9 Å². The lowest BCUT2D eigenvalue weighted by Gasteiger charge is -2.39. The van der Waals surface area contributed by atoms with Crippen molar-refractivity contribution in [3.8, 4) is 69.0 Å². The van der Waals surface area contributed by atoms with Gasteiger partial charge in [-0.15, -0.1) is 0 Å². The number of hydrogen-bond acceptors (Lipinski definition) is 23. The average molecular weight is 1330 g/mol. The van der Waals surface area contributed by atoms with Crippen LogP contribution in [0.15, 0.2) is 97.3 Å². The van der Waals surface area contributed by atoms with E-state index in [1.807, 2.05) is 12.1 Å². The number of ether oxygens (including phenoxy) is 14. The van der Waals surface area contributed by atoms with Gasteiger partial charge < -0.3 is 102 Å². The maximum atomic E-state index is 13.7. The summed E-state index contributed by atoms with van der Waals surface area (Å²) >= 11 is 0. The predicted octanol–water partition coefficient (Wildman–Crippen LogP) is 6.64. The first-order chi connectivity index (χ1) is 46.7. The molecule has 506 valence electrons. The normalized spacial score (nSPS) is 19.9. The number of fused-ring (bicyclic) bond motifs is 8. The average Bonchev–Trinajstić information content (AvgIpc) is 1.38. The summed E-state index contributed by atoms with van der Waals surface area (Å²) in [6.07, 6.45) is 3.01. The minimum atomic E-state index is -0.823. The van der Waals surface area contributed by atoms with Crippen molar-refractivity contribution in [1.29, 1.82) is 0 Å². The summed E-state index contributed by atoms with van der Waals surface area (Å²) in [4.78, 5) is 87.5. The number of Topliss-reactive ketones (excluding diaryl/α,β-unsaturated/α-hetero) is 2. The van der Waals surface area contributed by atoms with Gasteiger partial charge in [0.2, 0.25) is 25.1 Å². The Bertz CT molecular complexity index is 3950. The van der Waals surface area contributed by atoms with Crippen molar-refractivity contribution in [2.75, 3.05) is 105 Å². The molecule has 6 heterocycles. The monoisotopic (exact) mass is 1320 g/mol. The second kappa shape index (κ2) is 29.2. The molecule has 2 fully saturated rings. The van der Waals surface area contributed by atoms with Crippen LogP contribution < -0.4 is 67.5 Å². The van der Waals surface area contributed by atoms with E-state index < -0.39 is 82.9 Å². The van der Waals surface area contributed by atoms with Gasteiger partial charge in [-0.2, -0.15) is 0 Å². The van der Waals surface area contributed by atoms with Crippen LogP contribution in [0, 0.1) is 23.7 Å². The van der Waals surface area contributed by atoms with Crippen molar-refractivity contribution in [3.63, 3.8) is 0 Å². The third-order valence-corrected chi connectivity index (χ3v) is 17.7. The first kappa shape index (κ1) is 68.0. The maximum absolute atomic E-state index is 13.7. The Morgan fingerprint density at radius 3 is 1.07 bits per heavy atom. The van der Waals surface area contributed by atoms with Crippen LogP contribution in [0.4, 0.5) is 0 Å². The molecule has 2 saturated heterocycles. The Morgan fingerprint density at radius 2 is 0.760 bits per heavy atom. The molecule has 8 atom stereocenters. The smallest absolute Gasteiger partial charge is 0.310 e. The van der Waals surface area contributed by atoms with Crippen LogP contribution in [0.5, 0.6) is 69.0 Å². The molecule has 2 aromatic heterocycles. The van der Waals surface area contributed by atoms with Crippen LogP contribution in [0.3, 0.4) is 0 Å². The summed E-state index contributed by atoms with van der Waals surface area (Å²) in [6.45, 7) is 0.145. The number of aromatic nitrogens is 2. The number of nitrogens with one attached hydrogen (secondary N) is 4. The quantitative estimate of drug-likeness (QED) is 0.0303. The van der Waals surface area contributed by atoms with E-state index in [0.29, 0.717) is 124 Å². The van der Waals surface area contributed by atoms with E-state index in [2.05, 4.69) is 20.6 Å². The van der Waals surface area contributed by atoms with Gasteiger partial charge in [-0.3, -0.25) is 28.8 Å². The van der Waals surface area contributed by atoms with Crippen molar-refractivity contribution in [3.05, 3.63) is 142 Å². The van der Waals surface area contributed by atoms with Crippen LogP contribution in [0.25, 0.3) is 21.8 Å². The molecular weight excluding hydrogens is 1250 g/mol. The Balaban J connectivity index is 0.000000194. The number of rotatable bonds is 16. The number of carbonyl (C=O) groups is 6. The number of aliphatic hydroxyl groups excluding tert-OH is 3. The van der Waals surface area contributed by atoms with Crippen molar-refractivity contribution in [1.82, 2.24) is 20.6 Å². The number of H-pyrrole nitrogens is 2. The van der Waals surface area contributed by atoms with Gasteiger partial charge in [0.1, 0.15) is 11.5 Å². The summed E-state index contributed by atoms with van der Waals surface area (Å²) in [5.74, 6) is -1.82. The number of carbonyl (C=O) groups excluding carboxylic acids is 6. The number of benzene rings is 6. The van der Waals surface area contributed by atoms with Crippen molar-refractivity contribution < 1.29 is 110 Å². The fraction of sp³-hybridized carbons (Fsp3) is 0.333. The molecule has 4 aliphatic heterocycles. The summed E-state index contributed by atoms with van der Waals surface area (Å²) < 4.78 is 78.2. The van der Waals surface area contributed by atoms with Crippen LogP contribution in [-0.4, -0.2) is 166 Å². The summed E-state index contributed by atoms with van der Waals surface area (Å²) in [5.41, 5.74) is 5.99. The van der Waals surface area contributed by atoms with E-state index >= 15 is 0 Å². The molecular formula is C69H72N4O23. The molecule has 0 bridgehead atoms. The van der Waals surface area contributed by atoms with Crippen molar-refractivity contribution >= 4 is 57.1 Å². The van der Waals surface area contributed by atoms with Gasteiger partial charge in [0.05, 0.1) is 105 Å². The third kappa shape index (κ3) is 12.1. The second-order valence-electron chi connectivity index (χ2n) is 22.0. The highest BCUT2D eigenvalue weighted by atomic mass is 16.7. The molecule has 0 radical (unpaired) electrons. The lowest BCUT2D eigenvalue weighted by Crippen LogP contribution is -2.44. The number of amides is 2. The first-order valence-corrected chi connectivity index (χ1v) is 29.9. The van der Waals surface area contributed by atoms with E-state index in [1.165, 1.54) is 69.3 Å². The van der Waals surface area contributed by atoms with Gasteiger partial charge in [-0.25, -0.2) is 0 Å². The lowest BCUT2D eigenvalue weighted by molar-refractivity contribution is -0.142. The fourth-order valence-electron chi connectivity index (χ4n) is 13.5. The van der Waals surface area contributed by atoms with Gasteiger partial charge in [0.25, 0.3) is 23.4 Å². The van der Waals surface area contributed by atoms with E-state index in [9.17, 15) is 28.8 Å².